The van der Waals surface area contributed by atoms with Gasteiger partial charge < -0.3 is 10.4 Å². The van der Waals surface area contributed by atoms with Crippen molar-refractivity contribution in [2.24, 2.45) is 5.92 Å². The molecule has 1 fully saturated rings. The van der Waals surface area contributed by atoms with Crippen LogP contribution in [0, 0.1) is 5.92 Å². The highest BCUT2D eigenvalue weighted by Crippen LogP contribution is 2.25. The molecule has 1 aromatic carbocycles. The van der Waals surface area contributed by atoms with Gasteiger partial charge in [0.25, 0.3) is 0 Å². The van der Waals surface area contributed by atoms with Crippen LogP contribution >= 0.6 is 0 Å². The van der Waals surface area contributed by atoms with Crippen LogP contribution in [0.4, 0.5) is 0 Å². The molecular formula is C18H30N2O. The van der Waals surface area contributed by atoms with Crippen LogP contribution in [0.3, 0.4) is 0 Å². The van der Waals surface area contributed by atoms with E-state index in [1.54, 1.807) is 0 Å². The molecule has 3 nitrogen and oxygen atoms in total. The highest BCUT2D eigenvalue weighted by atomic mass is 16.3. The number of nitrogens with one attached hydrogen (secondary N) is 1. The Hall–Kier alpha value is -0.900. The van der Waals surface area contributed by atoms with Crippen LogP contribution in [-0.2, 0) is 0 Å². The minimum Gasteiger partial charge on any atom is -0.396 e. The van der Waals surface area contributed by atoms with Gasteiger partial charge in [0, 0.05) is 37.8 Å². The van der Waals surface area contributed by atoms with E-state index in [1.165, 1.54) is 12.0 Å². The van der Waals surface area contributed by atoms with Gasteiger partial charge in [0.2, 0.25) is 0 Å². The van der Waals surface area contributed by atoms with Gasteiger partial charge in [-0.05, 0) is 31.2 Å². The number of likely N-dealkylation sites (tertiary alicyclic amines) is 1. The van der Waals surface area contributed by atoms with E-state index < -0.39 is 0 Å². The lowest BCUT2D eigenvalue weighted by Gasteiger charge is -2.28. The van der Waals surface area contributed by atoms with Crippen molar-refractivity contribution in [2.45, 2.75) is 51.7 Å². The highest BCUT2D eigenvalue weighted by Gasteiger charge is 2.28. The van der Waals surface area contributed by atoms with Crippen molar-refractivity contribution in [1.29, 1.82) is 0 Å². The number of aliphatic hydroxyl groups excluding tert-OH is 1. The summed E-state index contributed by atoms with van der Waals surface area (Å²) in [4.78, 5) is 2.56. The second-order valence-electron chi connectivity index (χ2n) is 6.60. The molecule has 1 heterocycles. The zero-order valence-corrected chi connectivity index (χ0v) is 13.6. The van der Waals surface area contributed by atoms with Gasteiger partial charge in [-0.15, -0.1) is 0 Å². The predicted molar refractivity (Wildman–Crippen MR) is 88.3 cm³/mol. The lowest BCUT2D eigenvalue weighted by Crippen LogP contribution is -2.43. The summed E-state index contributed by atoms with van der Waals surface area (Å²) in [5.41, 5.74) is 1.40. The molecule has 1 aliphatic rings. The summed E-state index contributed by atoms with van der Waals surface area (Å²) in [6.45, 7) is 9.28. The number of rotatable bonds is 7. The van der Waals surface area contributed by atoms with Gasteiger partial charge in [-0.1, -0.05) is 44.2 Å². The zero-order valence-electron chi connectivity index (χ0n) is 13.6. The van der Waals surface area contributed by atoms with E-state index in [0.29, 0.717) is 24.0 Å². The Morgan fingerprint density at radius 1 is 1.24 bits per heavy atom. The molecule has 0 saturated carbocycles. The van der Waals surface area contributed by atoms with Gasteiger partial charge >= 0.3 is 0 Å². The lowest BCUT2D eigenvalue weighted by molar-refractivity contribution is 0.224. The Kier molecular flexibility index (Phi) is 6.22. The van der Waals surface area contributed by atoms with Crippen molar-refractivity contribution in [3.05, 3.63) is 35.9 Å². The molecule has 1 aliphatic heterocycles. The predicted octanol–water partition coefficient (Wildman–Crippen LogP) is 2.82. The number of aliphatic hydroxyl groups is 1. The third-order valence-electron chi connectivity index (χ3n) is 4.74. The summed E-state index contributed by atoms with van der Waals surface area (Å²) in [6, 6.07) is 12.2. The monoisotopic (exact) mass is 290 g/mol. The molecule has 2 N–H and O–H groups in total. The van der Waals surface area contributed by atoms with Crippen LogP contribution in [0.2, 0.25) is 0 Å². The fraction of sp³-hybridized carbons (Fsp3) is 0.667. The second-order valence-corrected chi connectivity index (χ2v) is 6.60. The van der Waals surface area contributed by atoms with Crippen molar-refractivity contribution >= 4 is 0 Å². The molecule has 2 rings (SSSR count). The number of nitrogens with zero attached hydrogens (tertiary/aromatic N) is 1. The standard InChI is InChI=1S/C18H30N2O/c1-14(2)18(10-12-21)19-17-9-11-20(13-17)15(3)16-7-5-4-6-8-16/h4-8,14-15,17-19,21H,9-13H2,1-3H3. The summed E-state index contributed by atoms with van der Waals surface area (Å²) >= 11 is 0. The quantitative estimate of drug-likeness (QED) is 0.810. The van der Waals surface area contributed by atoms with Gasteiger partial charge in [-0.2, -0.15) is 0 Å². The largest absolute Gasteiger partial charge is 0.396 e. The molecule has 21 heavy (non-hydrogen) atoms. The van der Waals surface area contributed by atoms with Crippen LogP contribution in [0.15, 0.2) is 30.3 Å². The molecule has 0 amide bonds. The topological polar surface area (TPSA) is 35.5 Å². The third kappa shape index (κ3) is 4.53. The molecule has 0 bridgehead atoms. The van der Waals surface area contributed by atoms with Crippen LogP contribution in [-0.4, -0.2) is 41.8 Å². The Morgan fingerprint density at radius 2 is 1.95 bits per heavy atom. The van der Waals surface area contributed by atoms with E-state index >= 15 is 0 Å². The van der Waals surface area contributed by atoms with Crippen molar-refractivity contribution in [3.63, 3.8) is 0 Å². The Balaban J connectivity index is 1.88. The van der Waals surface area contributed by atoms with Crippen LogP contribution in [0.1, 0.15) is 45.2 Å². The van der Waals surface area contributed by atoms with E-state index in [2.05, 4.69) is 61.3 Å². The lowest BCUT2D eigenvalue weighted by atomic mass is 10.00. The van der Waals surface area contributed by atoms with Crippen molar-refractivity contribution in [1.82, 2.24) is 10.2 Å². The van der Waals surface area contributed by atoms with E-state index in [1.807, 2.05) is 0 Å². The minimum absolute atomic E-state index is 0.271. The maximum atomic E-state index is 9.20. The van der Waals surface area contributed by atoms with E-state index in [4.69, 9.17) is 0 Å². The van der Waals surface area contributed by atoms with Crippen molar-refractivity contribution in [2.75, 3.05) is 19.7 Å². The highest BCUT2D eigenvalue weighted by molar-refractivity contribution is 5.18. The molecule has 0 aliphatic carbocycles. The third-order valence-corrected chi connectivity index (χ3v) is 4.74. The summed E-state index contributed by atoms with van der Waals surface area (Å²) in [7, 11) is 0. The van der Waals surface area contributed by atoms with Gasteiger partial charge in [0.15, 0.2) is 0 Å². The summed E-state index contributed by atoms with van der Waals surface area (Å²) in [6.07, 6.45) is 2.05. The van der Waals surface area contributed by atoms with Crippen LogP contribution < -0.4 is 5.32 Å². The van der Waals surface area contributed by atoms with Crippen LogP contribution in [0.25, 0.3) is 0 Å². The minimum atomic E-state index is 0.271. The Morgan fingerprint density at radius 3 is 2.57 bits per heavy atom. The fourth-order valence-electron chi connectivity index (χ4n) is 3.27. The average molecular weight is 290 g/mol. The zero-order chi connectivity index (χ0) is 15.2. The van der Waals surface area contributed by atoms with Crippen molar-refractivity contribution < 1.29 is 5.11 Å². The van der Waals surface area contributed by atoms with Gasteiger partial charge in [0.1, 0.15) is 0 Å². The first-order chi connectivity index (χ1) is 10.1. The van der Waals surface area contributed by atoms with Crippen LogP contribution in [0.5, 0.6) is 0 Å². The first kappa shape index (κ1) is 16.5. The van der Waals surface area contributed by atoms with E-state index in [-0.39, 0.29) is 6.61 Å². The smallest absolute Gasteiger partial charge is 0.0445 e. The summed E-state index contributed by atoms with van der Waals surface area (Å²) in [5.74, 6) is 0.567. The molecule has 3 heteroatoms. The number of benzene rings is 1. The van der Waals surface area contributed by atoms with Crippen molar-refractivity contribution in [3.8, 4) is 0 Å². The molecule has 118 valence electrons. The molecule has 1 saturated heterocycles. The van der Waals surface area contributed by atoms with Gasteiger partial charge in [0.05, 0.1) is 0 Å². The SMILES string of the molecule is CC(C)C(CCO)NC1CCN(C(C)c2ccccc2)C1. The average Bonchev–Trinajstić information content (AvgIpc) is 2.95. The fourth-order valence-corrected chi connectivity index (χ4v) is 3.27. The van der Waals surface area contributed by atoms with Gasteiger partial charge in [-0.3, -0.25) is 4.90 Å². The molecule has 0 spiro atoms. The molecule has 0 radical (unpaired) electrons. The molecule has 0 aromatic heterocycles. The van der Waals surface area contributed by atoms with Gasteiger partial charge in [-0.25, -0.2) is 0 Å². The Labute approximate surface area is 129 Å². The molecular weight excluding hydrogens is 260 g/mol. The second kappa shape index (κ2) is 7.92. The number of hydrogen-bond donors (Lipinski definition) is 2. The van der Waals surface area contributed by atoms with E-state index in [0.717, 1.165) is 19.5 Å². The summed E-state index contributed by atoms with van der Waals surface area (Å²) < 4.78 is 0. The summed E-state index contributed by atoms with van der Waals surface area (Å²) in [5, 5.41) is 12.9. The normalized spacial score (nSPS) is 22.6. The maximum Gasteiger partial charge on any atom is 0.0445 e. The molecule has 3 unspecified atom stereocenters. The number of hydrogen-bond acceptors (Lipinski definition) is 3. The molecule has 1 aromatic rings. The van der Waals surface area contributed by atoms with E-state index in [9.17, 15) is 5.11 Å². The first-order valence-corrected chi connectivity index (χ1v) is 8.27. The molecule has 3 atom stereocenters. The first-order valence-electron chi connectivity index (χ1n) is 8.27. The maximum absolute atomic E-state index is 9.20. The Bertz CT molecular complexity index is 407.